The van der Waals surface area contributed by atoms with Crippen molar-refractivity contribution in [1.29, 1.82) is 0 Å². The van der Waals surface area contributed by atoms with Crippen LogP contribution in [0.1, 0.15) is 122 Å². The highest BCUT2D eigenvalue weighted by Gasteiger charge is 2.55. The van der Waals surface area contributed by atoms with Gasteiger partial charge in [-0.05, 0) is 43.1 Å². The van der Waals surface area contributed by atoms with E-state index in [4.69, 9.17) is 0 Å². The van der Waals surface area contributed by atoms with Crippen molar-refractivity contribution in [2.24, 2.45) is 0 Å². The summed E-state index contributed by atoms with van der Waals surface area (Å²) in [4.78, 5) is 0. The molecule has 2 aliphatic heterocycles. The molecule has 2 heterocycles. The lowest BCUT2D eigenvalue weighted by atomic mass is 9.20. The van der Waals surface area contributed by atoms with Gasteiger partial charge in [-0.3, -0.25) is 0 Å². The van der Waals surface area contributed by atoms with Crippen LogP contribution in [-0.4, -0.2) is 30.9 Å². The Hall–Kier alpha value is -0.0151. The summed E-state index contributed by atoms with van der Waals surface area (Å²) in [6.07, 6.45) is 28.3. The third-order valence-corrected chi connectivity index (χ3v) is 9.89. The zero-order valence-corrected chi connectivity index (χ0v) is 19.1. The molecule has 2 nitrogen and oxygen atoms in total. The maximum atomic E-state index is 4.35. The largest absolute Gasteiger partial charge is 0.312 e. The number of hydrogen-bond donors (Lipinski definition) is 2. The van der Waals surface area contributed by atoms with Crippen LogP contribution in [0.4, 0.5) is 0 Å². The van der Waals surface area contributed by atoms with Crippen molar-refractivity contribution < 1.29 is 0 Å². The second-order valence-electron chi connectivity index (χ2n) is 11.6. The van der Waals surface area contributed by atoms with Crippen LogP contribution in [-0.2, 0) is 0 Å². The van der Waals surface area contributed by atoms with Crippen molar-refractivity contribution in [3.63, 3.8) is 0 Å². The number of hydrogen-bond acceptors (Lipinski definition) is 2. The highest BCUT2D eigenvalue weighted by molar-refractivity contribution is 6.65. The summed E-state index contributed by atoms with van der Waals surface area (Å²) in [6.45, 7) is 1.02. The molecule has 0 aromatic rings. The van der Waals surface area contributed by atoms with Crippen LogP contribution in [0.3, 0.4) is 0 Å². The predicted octanol–water partition coefficient (Wildman–Crippen LogP) is 6.73. The number of nitrogens with one attached hydrogen (secondary N) is 2. The van der Waals surface area contributed by atoms with Crippen LogP contribution >= 0.6 is 0 Å². The first-order valence-electron chi connectivity index (χ1n) is 13.9. The molecule has 0 aromatic carbocycles. The maximum absolute atomic E-state index is 4.35. The van der Waals surface area contributed by atoms with E-state index in [1.54, 1.807) is 0 Å². The standard InChI is InChI=1S/C26H47BN2/c1-3-8-14-20-22(16-10-5-1)28-24-18-12-7-13-19-25-26(24)27(20)21-15-9-4-2-6-11-17-23(21)29-25/h20-26,28-29H,1-19H2. The van der Waals surface area contributed by atoms with Crippen molar-refractivity contribution >= 4 is 6.71 Å². The molecule has 3 saturated carbocycles. The molecule has 6 unspecified atom stereocenters. The van der Waals surface area contributed by atoms with Crippen molar-refractivity contribution in [1.82, 2.24) is 10.6 Å². The molecule has 29 heavy (non-hydrogen) atoms. The molecule has 164 valence electrons. The molecule has 0 bridgehead atoms. The molecule has 5 rings (SSSR count). The van der Waals surface area contributed by atoms with Gasteiger partial charge in [-0.2, -0.15) is 0 Å². The van der Waals surface area contributed by atoms with E-state index in [2.05, 4.69) is 10.6 Å². The monoisotopic (exact) mass is 398 g/mol. The summed E-state index contributed by atoms with van der Waals surface area (Å²) in [6, 6.07) is 3.30. The van der Waals surface area contributed by atoms with Gasteiger partial charge in [0.25, 0.3) is 0 Å². The van der Waals surface area contributed by atoms with Crippen LogP contribution in [0, 0.1) is 0 Å². The average molecular weight is 398 g/mol. The first-order valence-corrected chi connectivity index (χ1v) is 13.9. The van der Waals surface area contributed by atoms with Crippen molar-refractivity contribution in [3.05, 3.63) is 0 Å². The van der Waals surface area contributed by atoms with E-state index in [9.17, 15) is 0 Å². The first kappa shape index (κ1) is 20.9. The van der Waals surface area contributed by atoms with Gasteiger partial charge >= 0.3 is 0 Å². The van der Waals surface area contributed by atoms with Crippen molar-refractivity contribution in [3.8, 4) is 0 Å². The molecule has 3 aliphatic carbocycles. The van der Waals surface area contributed by atoms with Crippen LogP contribution < -0.4 is 10.6 Å². The van der Waals surface area contributed by atoms with Gasteiger partial charge in [0.2, 0.25) is 0 Å². The van der Waals surface area contributed by atoms with Gasteiger partial charge in [0.15, 0.2) is 6.71 Å². The summed E-state index contributed by atoms with van der Waals surface area (Å²) in [5, 5.41) is 8.69. The zero-order chi connectivity index (χ0) is 19.5. The average Bonchev–Trinajstić information content (AvgIpc) is 2.91. The maximum Gasteiger partial charge on any atom is 0.156 e. The SMILES string of the molecule is C1CCCC2NC3CCCCCC4NC5CCCCCCCC5B(C2CCC1)C34. The Morgan fingerprint density at radius 3 is 1.21 bits per heavy atom. The summed E-state index contributed by atoms with van der Waals surface area (Å²) in [5.74, 6) is 2.89. The summed E-state index contributed by atoms with van der Waals surface area (Å²) in [5.41, 5.74) is 0. The molecule has 5 fully saturated rings. The van der Waals surface area contributed by atoms with Crippen LogP contribution in [0.15, 0.2) is 0 Å². The van der Waals surface area contributed by atoms with Crippen molar-refractivity contribution in [2.75, 3.05) is 0 Å². The fraction of sp³-hybridized carbons (Fsp3) is 1.00. The Bertz CT molecular complexity index is 469. The minimum Gasteiger partial charge on any atom is -0.312 e. The molecule has 5 aliphatic rings. The van der Waals surface area contributed by atoms with Crippen molar-refractivity contribution in [2.45, 2.75) is 164 Å². The van der Waals surface area contributed by atoms with E-state index in [0.29, 0.717) is 0 Å². The third kappa shape index (κ3) is 4.62. The van der Waals surface area contributed by atoms with Crippen LogP contribution in [0.2, 0.25) is 17.5 Å². The lowest BCUT2D eigenvalue weighted by Crippen LogP contribution is -2.68. The van der Waals surface area contributed by atoms with Gasteiger partial charge in [-0.1, -0.05) is 96.3 Å². The highest BCUT2D eigenvalue weighted by atomic mass is 15.0. The van der Waals surface area contributed by atoms with Gasteiger partial charge in [-0.15, -0.1) is 0 Å². The second-order valence-corrected chi connectivity index (χ2v) is 11.6. The summed E-state index contributed by atoms with van der Waals surface area (Å²) in [7, 11) is 0. The second kappa shape index (κ2) is 10.1. The Balaban J connectivity index is 1.48. The zero-order valence-electron chi connectivity index (χ0n) is 19.1. The molecular weight excluding hydrogens is 351 g/mol. The smallest absolute Gasteiger partial charge is 0.156 e. The van der Waals surface area contributed by atoms with E-state index in [1.165, 1.54) is 122 Å². The normalized spacial score (nSPS) is 44.7. The number of rotatable bonds is 0. The molecule has 0 amide bonds. The van der Waals surface area contributed by atoms with Gasteiger partial charge in [0.1, 0.15) is 0 Å². The molecule has 3 heteroatoms. The van der Waals surface area contributed by atoms with Gasteiger partial charge < -0.3 is 10.6 Å². The minimum atomic E-state index is 0.813. The quantitative estimate of drug-likeness (QED) is 0.442. The fourth-order valence-electron chi connectivity index (χ4n) is 8.65. The van der Waals surface area contributed by atoms with E-state index >= 15 is 0 Å². The third-order valence-electron chi connectivity index (χ3n) is 9.89. The Kier molecular flexibility index (Phi) is 7.24. The number of fused-ring (bicyclic) bond motifs is 4. The van der Waals surface area contributed by atoms with E-state index < -0.39 is 0 Å². The Morgan fingerprint density at radius 2 is 0.724 bits per heavy atom. The van der Waals surface area contributed by atoms with Gasteiger partial charge in [0, 0.05) is 24.2 Å². The molecule has 2 saturated heterocycles. The molecule has 0 aromatic heterocycles. The van der Waals surface area contributed by atoms with E-state index in [0.717, 1.165) is 48.3 Å². The molecule has 2 N–H and O–H groups in total. The highest BCUT2D eigenvalue weighted by Crippen LogP contribution is 2.53. The Labute approximate surface area is 181 Å². The van der Waals surface area contributed by atoms with Crippen LogP contribution in [0.5, 0.6) is 0 Å². The topological polar surface area (TPSA) is 24.1 Å². The molecular formula is C26H47BN2. The summed E-state index contributed by atoms with van der Waals surface area (Å²) >= 11 is 0. The van der Waals surface area contributed by atoms with Gasteiger partial charge in [0.05, 0.1) is 0 Å². The lowest BCUT2D eigenvalue weighted by Gasteiger charge is -2.58. The minimum absolute atomic E-state index is 0.813. The Morgan fingerprint density at radius 1 is 0.379 bits per heavy atom. The first-order chi connectivity index (χ1) is 14.4. The molecule has 0 radical (unpaired) electrons. The molecule has 0 spiro atoms. The predicted molar refractivity (Wildman–Crippen MR) is 126 cm³/mol. The lowest BCUT2D eigenvalue weighted by molar-refractivity contribution is 0.216. The summed E-state index contributed by atoms with van der Waals surface area (Å²) < 4.78 is 0. The molecule has 6 atom stereocenters. The van der Waals surface area contributed by atoms with Crippen LogP contribution in [0.25, 0.3) is 0 Å². The van der Waals surface area contributed by atoms with Gasteiger partial charge in [-0.25, -0.2) is 0 Å². The van der Waals surface area contributed by atoms with E-state index in [1.807, 2.05) is 0 Å². The van der Waals surface area contributed by atoms with E-state index in [-0.39, 0.29) is 0 Å². The fourth-order valence-corrected chi connectivity index (χ4v) is 8.65.